The molecule has 0 saturated heterocycles. The molecule has 0 saturated carbocycles. The van der Waals surface area contributed by atoms with Gasteiger partial charge in [0.2, 0.25) is 0 Å². The van der Waals surface area contributed by atoms with Crippen molar-refractivity contribution in [2.24, 2.45) is 7.05 Å². The molecular weight excluding hydrogens is 306 g/mol. The molecule has 0 aliphatic heterocycles. The van der Waals surface area contributed by atoms with Crippen molar-refractivity contribution >= 4 is 29.3 Å². The Morgan fingerprint density at radius 1 is 1.48 bits per heavy atom. The number of aryl methyl sites for hydroxylation is 1. The lowest BCUT2D eigenvalue weighted by molar-refractivity contribution is 0.0951. The van der Waals surface area contributed by atoms with E-state index in [-0.39, 0.29) is 5.91 Å². The van der Waals surface area contributed by atoms with Crippen molar-refractivity contribution in [1.82, 2.24) is 15.1 Å². The fourth-order valence-electron chi connectivity index (χ4n) is 1.98. The van der Waals surface area contributed by atoms with E-state index in [4.69, 9.17) is 11.6 Å². The molecule has 1 heterocycles. The lowest BCUT2D eigenvalue weighted by atomic mass is 10.2. The number of carbonyl (C=O) groups excluding carboxylic acids is 1. The minimum Gasteiger partial charge on any atom is -0.352 e. The molecule has 112 valence electrons. The zero-order valence-electron chi connectivity index (χ0n) is 12.1. The summed E-state index contributed by atoms with van der Waals surface area (Å²) in [5.74, 6) is 0.828. The number of amides is 1. The quantitative estimate of drug-likeness (QED) is 0.831. The van der Waals surface area contributed by atoms with Crippen LogP contribution in [0.5, 0.6) is 0 Å². The molecule has 0 aliphatic carbocycles. The van der Waals surface area contributed by atoms with Crippen molar-refractivity contribution in [3.05, 3.63) is 46.7 Å². The maximum absolute atomic E-state index is 12.3. The molecule has 0 aliphatic rings. The number of aromatic nitrogens is 2. The van der Waals surface area contributed by atoms with Gasteiger partial charge in [-0.25, -0.2) is 0 Å². The number of nitrogens with zero attached hydrogens (tertiary/aromatic N) is 2. The number of hydrogen-bond acceptors (Lipinski definition) is 3. The molecule has 1 N–H and O–H groups in total. The van der Waals surface area contributed by atoms with Crippen LogP contribution in [0.4, 0.5) is 0 Å². The first-order valence-electron chi connectivity index (χ1n) is 6.78. The average molecular weight is 324 g/mol. The van der Waals surface area contributed by atoms with E-state index < -0.39 is 0 Å². The van der Waals surface area contributed by atoms with Gasteiger partial charge in [0.1, 0.15) is 0 Å². The summed E-state index contributed by atoms with van der Waals surface area (Å²) in [4.78, 5) is 13.2. The lowest BCUT2D eigenvalue weighted by Crippen LogP contribution is -2.26. The Kier molecular flexibility index (Phi) is 5.70. The number of thioether (sulfide) groups is 1. The molecule has 1 amide bonds. The largest absolute Gasteiger partial charge is 0.352 e. The summed E-state index contributed by atoms with van der Waals surface area (Å²) in [6.07, 6.45) is 4.52. The third kappa shape index (κ3) is 4.51. The third-order valence-corrected chi connectivity index (χ3v) is 4.13. The standard InChI is InChI=1S/C15H18ClN3OS/c1-3-21-14-5-4-12(16)8-13(14)15(20)17-7-6-11-9-18-19(2)10-11/h4-5,8-10H,3,6-7H2,1-2H3,(H,17,20). The second-order valence-corrected chi connectivity index (χ2v) is 6.34. The lowest BCUT2D eigenvalue weighted by Gasteiger charge is -2.09. The zero-order chi connectivity index (χ0) is 15.2. The molecule has 0 unspecified atom stereocenters. The minimum absolute atomic E-state index is 0.0858. The normalized spacial score (nSPS) is 10.6. The molecule has 21 heavy (non-hydrogen) atoms. The van der Waals surface area contributed by atoms with Crippen molar-refractivity contribution in [2.45, 2.75) is 18.2 Å². The first-order chi connectivity index (χ1) is 10.1. The number of rotatable bonds is 6. The van der Waals surface area contributed by atoms with Crippen LogP contribution in [0.3, 0.4) is 0 Å². The fraction of sp³-hybridized carbons (Fsp3) is 0.333. The van der Waals surface area contributed by atoms with Crippen LogP contribution in [0.25, 0.3) is 0 Å². The SMILES string of the molecule is CCSc1ccc(Cl)cc1C(=O)NCCc1cnn(C)c1. The Morgan fingerprint density at radius 3 is 2.95 bits per heavy atom. The highest BCUT2D eigenvalue weighted by Gasteiger charge is 2.12. The van der Waals surface area contributed by atoms with Crippen molar-refractivity contribution < 1.29 is 4.79 Å². The predicted octanol–water partition coefficient (Wildman–Crippen LogP) is 3.16. The molecule has 0 radical (unpaired) electrons. The van der Waals surface area contributed by atoms with Crippen LogP contribution in [0.15, 0.2) is 35.5 Å². The van der Waals surface area contributed by atoms with Crippen LogP contribution in [0, 0.1) is 0 Å². The maximum atomic E-state index is 12.3. The summed E-state index contributed by atoms with van der Waals surface area (Å²) >= 11 is 7.63. The van der Waals surface area contributed by atoms with E-state index in [9.17, 15) is 4.79 Å². The maximum Gasteiger partial charge on any atom is 0.252 e. The molecular formula is C15H18ClN3OS. The van der Waals surface area contributed by atoms with E-state index >= 15 is 0 Å². The number of nitrogens with one attached hydrogen (secondary N) is 1. The van der Waals surface area contributed by atoms with E-state index in [2.05, 4.69) is 17.3 Å². The van der Waals surface area contributed by atoms with Gasteiger partial charge < -0.3 is 5.32 Å². The van der Waals surface area contributed by atoms with Gasteiger partial charge in [0.15, 0.2) is 0 Å². The molecule has 2 aromatic rings. The molecule has 1 aromatic carbocycles. The van der Waals surface area contributed by atoms with Crippen LogP contribution in [-0.2, 0) is 13.5 Å². The Labute approximate surface area is 133 Å². The number of hydrogen-bond donors (Lipinski definition) is 1. The first-order valence-corrected chi connectivity index (χ1v) is 8.14. The van der Waals surface area contributed by atoms with Crippen molar-refractivity contribution in [3.63, 3.8) is 0 Å². The summed E-state index contributed by atoms with van der Waals surface area (Å²) in [7, 11) is 1.88. The Morgan fingerprint density at radius 2 is 2.29 bits per heavy atom. The fourth-order valence-corrected chi connectivity index (χ4v) is 2.93. The molecule has 0 fully saturated rings. The second kappa shape index (κ2) is 7.52. The molecule has 1 aromatic heterocycles. The van der Waals surface area contributed by atoms with Gasteiger partial charge in [-0.05, 0) is 35.9 Å². The molecule has 0 spiro atoms. The van der Waals surface area contributed by atoms with Crippen molar-refractivity contribution in [2.75, 3.05) is 12.3 Å². The van der Waals surface area contributed by atoms with Crippen LogP contribution in [0.1, 0.15) is 22.8 Å². The first kappa shape index (κ1) is 15.9. The van der Waals surface area contributed by atoms with E-state index in [1.807, 2.05) is 31.6 Å². The van der Waals surface area contributed by atoms with Crippen molar-refractivity contribution in [3.8, 4) is 0 Å². The average Bonchev–Trinajstić information content (AvgIpc) is 2.86. The topological polar surface area (TPSA) is 46.9 Å². The second-order valence-electron chi connectivity index (χ2n) is 4.60. The summed E-state index contributed by atoms with van der Waals surface area (Å²) < 4.78 is 1.75. The van der Waals surface area contributed by atoms with E-state index in [0.29, 0.717) is 17.1 Å². The zero-order valence-corrected chi connectivity index (χ0v) is 13.7. The Balaban J connectivity index is 1.97. The summed E-state index contributed by atoms with van der Waals surface area (Å²) in [6.45, 7) is 2.64. The number of carbonyl (C=O) groups is 1. The van der Waals surface area contributed by atoms with Crippen LogP contribution in [0.2, 0.25) is 5.02 Å². The Bertz CT molecular complexity index is 627. The summed E-state index contributed by atoms with van der Waals surface area (Å²) in [5, 5.41) is 7.62. The molecule has 0 atom stereocenters. The van der Waals surface area contributed by atoms with Gasteiger partial charge in [0.25, 0.3) is 5.91 Å². The van der Waals surface area contributed by atoms with Gasteiger partial charge >= 0.3 is 0 Å². The molecule has 6 heteroatoms. The third-order valence-electron chi connectivity index (χ3n) is 2.94. The van der Waals surface area contributed by atoms with Gasteiger partial charge in [-0.2, -0.15) is 5.10 Å². The number of halogens is 1. The van der Waals surface area contributed by atoms with Gasteiger partial charge in [-0.3, -0.25) is 9.48 Å². The predicted molar refractivity (Wildman–Crippen MR) is 87.1 cm³/mol. The molecule has 2 rings (SSSR count). The van der Waals surface area contributed by atoms with Crippen LogP contribution >= 0.6 is 23.4 Å². The molecule has 0 bridgehead atoms. The highest BCUT2D eigenvalue weighted by molar-refractivity contribution is 7.99. The highest BCUT2D eigenvalue weighted by Crippen LogP contribution is 2.25. The van der Waals surface area contributed by atoms with Gasteiger partial charge in [-0.1, -0.05) is 18.5 Å². The monoisotopic (exact) mass is 323 g/mol. The number of benzene rings is 1. The van der Waals surface area contributed by atoms with Crippen LogP contribution in [-0.4, -0.2) is 28.0 Å². The molecule has 4 nitrogen and oxygen atoms in total. The highest BCUT2D eigenvalue weighted by atomic mass is 35.5. The van der Waals surface area contributed by atoms with Crippen LogP contribution < -0.4 is 5.32 Å². The minimum atomic E-state index is -0.0858. The van der Waals surface area contributed by atoms with Crippen molar-refractivity contribution in [1.29, 1.82) is 0 Å². The summed E-state index contributed by atoms with van der Waals surface area (Å²) in [6, 6.07) is 5.43. The van der Waals surface area contributed by atoms with Gasteiger partial charge in [-0.15, -0.1) is 11.8 Å². The van der Waals surface area contributed by atoms with E-state index in [0.717, 1.165) is 22.6 Å². The van der Waals surface area contributed by atoms with Gasteiger partial charge in [0.05, 0.1) is 11.8 Å². The van der Waals surface area contributed by atoms with E-state index in [1.165, 1.54) is 0 Å². The Hall–Kier alpha value is -1.46. The van der Waals surface area contributed by atoms with E-state index in [1.54, 1.807) is 22.5 Å². The summed E-state index contributed by atoms with van der Waals surface area (Å²) in [5.41, 5.74) is 1.74. The van der Waals surface area contributed by atoms with Gasteiger partial charge in [0, 0.05) is 29.7 Å². The smallest absolute Gasteiger partial charge is 0.252 e.